The lowest BCUT2D eigenvalue weighted by Gasteiger charge is -2.34. The summed E-state index contributed by atoms with van der Waals surface area (Å²) in [6, 6.07) is 24.9. The van der Waals surface area contributed by atoms with Crippen LogP contribution in [0.25, 0.3) is 0 Å². The molecule has 2 amide bonds. The molecule has 9 nitrogen and oxygen atoms in total. The van der Waals surface area contributed by atoms with E-state index >= 15 is 0 Å². The van der Waals surface area contributed by atoms with Gasteiger partial charge in [-0.2, -0.15) is 0 Å². The highest BCUT2D eigenvalue weighted by atomic mass is 32.2. The Kier molecular flexibility index (Phi) is 12.0. The van der Waals surface area contributed by atoms with Gasteiger partial charge < -0.3 is 19.7 Å². The monoisotopic (exact) mass is 661 g/mol. The van der Waals surface area contributed by atoms with Gasteiger partial charge in [0.15, 0.2) is 11.5 Å². The highest BCUT2D eigenvalue weighted by Gasteiger charge is 2.35. The first-order valence-electron chi connectivity index (χ1n) is 15.2. The number of sulfonamides is 1. The number of amides is 2. The smallest absolute Gasteiger partial charge is 0.264 e. The molecule has 0 aliphatic rings. The highest BCUT2D eigenvalue weighted by molar-refractivity contribution is 7.92. The SMILES string of the molecule is CCCNC(=O)[C@@H](Cc1ccccc1)N(Cc1ccc(F)cc1)C(=O)CN(c1ccc(C)cc1)S(=O)(=O)c1ccc(OC)c(OC)c1. The van der Waals surface area contributed by atoms with Crippen LogP contribution >= 0.6 is 0 Å². The van der Waals surface area contributed by atoms with Gasteiger partial charge in [0.2, 0.25) is 11.8 Å². The number of hydrogen-bond acceptors (Lipinski definition) is 6. The van der Waals surface area contributed by atoms with Crippen LogP contribution in [0.1, 0.15) is 30.0 Å². The van der Waals surface area contributed by atoms with Crippen LogP contribution in [0.15, 0.2) is 102 Å². The Morgan fingerprint density at radius 3 is 2.13 bits per heavy atom. The van der Waals surface area contributed by atoms with Crippen molar-refractivity contribution in [1.82, 2.24) is 10.2 Å². The summed E-state index contributed by atoms with van der Waals surface area (Å²) >= 11 is 0. The van der Waals surface area contributed by atoms with Crippen LogP contribution in [0.3, 0.4) is 0 Å². The molecule has 0 aliphatic heterocycles. The van der Waals surface area contributed by atoms with E-state index in [1.807, 2.05) is 44.2 Å². The van der Waals surface area contributed by atoms with Crippen LogP contribution in [0.5, 0.6) is 11.5 Å². The van der Waals surface area contributed by atoms with Crippen LogP contribution in [0.2, 0.25) is 0 Å². The largest absolute Gasteiger partial charge is 0.493 e. The predicted molar refractivity (Wildman–Crippen MR) is 179 cm³/mol. The van der Waals surface area contributed by atoms with E-state index in [-0.39, 0.29) is 35.2 Å². The molecule has 47 heavy (non-hydrogen) atoms. The van der Waals surface area contributed by atoms with Crippen molar-refractivity contribution in [2.45, 2.75) is 44.2 Å². The Bertz CT molecular complexity index is 1750. The Morgan fingerprint density at radius 2 is 1.51 bits per heavy atom. The topological polar surface area (TPSA) is 105 Å². The summed E-state index contributed by atoms with van der Waals surface area (Å²) in [4.78, 5) is 29.5. The quantitative estimate of drug-likeness (QED) is 0.180. The molecule has 0 fully saturated rings. The molecule has 0 saturated carbocycles. The van der Waals surface area contributed by atoms with Crippen molar-refractivity contribution in [2.75, 3.05) is 31.6 Å². The number of rotatable bonds is 15. The molecule has 4 aromatic carbocycles. The predicted octanol–water partition coefficient (Wildman–Crippen LogP) is 5.51. The first-order valence-corrected chi connectivity index (χ1v) is 16.7. The zero-order valence-corrected chi connectivity index (χ0v) is 27.8. The van der Waals surface area contributed by atoms with Gasteiger partial charge >= 0.3 is 0 Å². The lowest BCUT2D eigenvalue weighted by molar-refractivity contribution is -0.140. The first-order chi connectivity index (χ1) is 22.6. The number of carbonyl (C=O) groups is 2. The van der Waals surface area contributed by atoms with Crippen molar-refractivity contribution in [1.29, 1.82) is 0 Å². The molecule has 1 atom stereocenters. The van der Waals surface area contributed by atoms with Crippen molar-refractivity contribution in [3.05, 3.63) is 120 Å². The first kappa shape index (κ1) is 35.0. The summed E-state index contributed by atoms with van der Waals surface area (Å²) < 4.78 is 54.1. The van der Waals surface area contributed by atoms with Gasteiger partial charge in [0, 0.05) is 25.6 Å². The second-order valence-electron chi connectivity index (χ2n) is 11.0. The number of aryl methyl sites for hydroxylation is 1. The molecule has 0 saturated heterocycles. The summed E-state index contributed by atoms with van der Waals surface area (Å²) in [6.07, 6.45) is 0.858. The number of nitrogens with zero attached hydrogens (tertiary/aromatic N) is 2. The fourth-order valence-corrected chi connectivity index (χ4v) is 6.48. The van der Waals surface area contributed by atoms with Gasteiger partial charge in [-0.05, 0) is 60.9 Å². The minimum atomic E-state index is -4.35. The standard InChI is InChI=1S/C36H40FN3O6S/c1-5-21-38-36(42)32(22-27-9-7-6-8-10-27)39(24-28-13-15-29(37)16-14-28)35(41)25-40(30-17-11-26(2)12-18-30)47(43,44)31-19-20-33(45-3)34(23-31)46-4/h6-20,23,32H,5,21-22,24-25H2,1-4H3,(H,38,42)/t32-/m1/s1. The van der Waals surface area contributed by atoms with Crippen LogP contribution < -0.4 is 19.1 Å². The average molecular weight is 662 g/mol. The molecule has 1 N–H and O–H groups in total. The van der Waals surface area contributed by atoms with E-state index in [1.54, 1.807) is 24.3 Å². The Hall–Kier alpha value is -4.90. The van der Waals surface area contributed by atoms with Gasteiger partial charge in [-0.25, -0.2) is 12.8 Å². The summed E-state index contributed by atoms with van der Waals surface area (Å²) in [6.45, 7) is 3.51. The van der Waals surface area contributed by atoms with Crippen LogP contribution in [-0.2, 0) is 32.6 Å². The van der Waals surface area contributed by atoms with Crippen molar-refractivity contribution in [3.8, 4) is 11.5 Å². The third kappa shape index (κ3) is 8.88. The maximum Gasteiger partial charge on any atom is 0.264 e. The molecule has 0 spiro atoms. The molecule has 4 aromatic rings. The molecule has 0 heterocycles. The van der Waals surface area contributed by atoms with E-state index in [2.05, 4.69) is 5.32 Å². The molecule has 0 radical (unpaired) electrons. The van der Waals surface area contributed by atoms with E-state index in [1.165, 1.54) is 61.6 Å². The molecular weight excluding hydrogens is 621 g/mol. The zero-order valence-electron chi connectivity index (χ0n) is 27.0. The van der Waals surface area contributed by atoms with Crippen LogP contribution in [-0.4, -0.2) is 58.5 Å². The van der Waals surface area contributed by atoms with Gasteiger partial charge in [0.25, 0.3) is 10.0 Å². The normalized spacial score (nSPS) is 11.8. The molecule has 0 aromatic heterocycles. The lowest BCUT2D eigenvalue weighted by Crippen LogP contribution is -2.53. The van der Waals surface area contributed by atoms with E-state index in [0.717, 1.165) is 15.4 Å². The number of halogens is 1. The third-order valence-electron chi connectivity index (χ3n) is 7.63. The fraction of sp³-hybridized carbons (Fsp3) is 0.278. The number of nitrogens with one attached hydrogen (secondary N) is 1. The Morgan fingerprint density at radius 1 is 0.851 bits per heavy atom. The number of methoxy groups -OCH3 is 2. The van der Waals surface area contributed by atoms with Gasteiger partial charge in [0.1, 0.15) is 18.4 Å². The van der Waals surface area contributed by atoms with Crippen molar-refractivity contribution < 1.29 is 31.9 Å². The van der Waals surface area contributed by atoms with Gasteiger partial charge in [-0.3, -0.25) is 13.9 Å². The molecule has 0 bridgehead atoms. The molecular formula is C36H40FN3O6S. The number of hydrogen-bond donors (Lipinski definition) is 1. The van der Waals surface area contributed by atoms with Gasteiger partial charge in [-0.15, -0.1) is 0 Å². The highest BCUT2D eigenvalue weighted by Crippen LogP contribution is 2.32. The number of ether oxygens (including phenoxy) is 2. The molecule has 11 heteroatoms. The number of carbonyl (C=O) groups excluding carboxylic acids is 2. The molecule has 4 rings (SSSR count). The molecule has 0 unspecified atom stereocenters. The van der Waals surface area contributed by atoms with Gasteiger partial charge in [-0.1, -0.05) is 67.1 Å². The average Bonchev–Trinajstić information content (AvgIpc) is 3.08. The molecule has 0 aliphatic carbocycles. The lowest BCUT2D eigenvalue weighted by atomic mass is 10.0. The van der Waals surface area contributed by atoms with E-state index in [4.69, 9.17) is 9.47 Å². The zero-order chi connectivity index (χ0) is 34.0. The second kappa shape index (κ2) is 16.1. The Balaban J connectivity index is 1.81. The number of anilines is 1. The Labute approximate surface area is 276 Å². The van der Waals surface area contributed by atoms with Crippen molar-refractivity contribution >= 4 is 27.5 Å². The van der Waals surface area contributed by atoms with Crippen molar-refractivity contribution in [2.24, 2.45) is 0 Å². The number of benzene rings is 4. The summed E-state index contributed by atoms with van der Waals surface area (Å²) in [5.74, 6) is -0.893. The summed E-state index contributed by atoms with van der Waals surface area (Å²) in [5.41, 5.74) is 2.55. The van der Waals surface area contributed by atoms with Crippen LogP contribution in [0, 0.1) is 12.7 Å². The maximum atomic E-state index is 14.5. The third-order valence-corrected chi connectivity index (χ3v) is 9.40. The van der Waals surface area contributed by atoms with E-state index < -0.39 is 34.3 Å². The van der Waals surface area contributed by atoms with Crippen LogP contribution in [0.4, 0.5) is 10.1 Å². The minimum absolute atomic E-state index is 0.0612. The molecule has 248 valence electrons. The van der Waals surface area contributed by atoms with Crippen molar-refractivity contribution in [3.63, 3.8) is 0 Å². The second-order valence-corrected chi connectivity index (χ2v) is 12.9. The minimum Gasteiger partial charge on any atom is -0.493 e. The van der Waals surface area contributed by atoms with E-state index in [0.29, 0.717) is 24.3 Å². The fourth-order valence-electron chi connectivity index (χ4n) is 5.05. The summed E-state index contributed by atoms with van der Waals surface area (Å²) in [5, 5.41) is 2.90. The summed E-state index contributed by atoms with van der Waals surface area (Å²) in [7, 11) is -1.50. The maximum absolute atomic E-state index is 14.5. The van der Waals surface area contributed by atoms with Gasteiger partial charge in [0.05, 0.1) is 24.8 Å². The van der Waals surface area contributed by atoms with E-state index in [9.17, 15) is 22.4 Å².